The van der Waals surface area contributed by atoms with E-state index in [1.807, 2.05) is 18.2 Å². The Morgan fingerprint density at radius 3 is 2.80 bits per heavy atom. The number of carbonyl (C=O) groups excluding carboxylic acids is 1. The van der Waals surface area contributed by atoms with Crippen LogP contribution in [0.5, 0.6) is 0 Å². The van der Waals surface area contributed by atoms with Crippen LogP contribution in [0.15, 0.2) is 45.7 Å². The number of amides is 1. The monoisotopic (exact) mass is 343 g/mol. The summed E-state index contributed by atoms with van der Waals surface area (Å²) in [5.74, 6) is 0.0221. The number of nitrogens with one attached hydrogen (secondary N) is 1. The molecule has 3 heterocycles. The molecule has 0 unspecified atom stereocenters. The van der Waals surface area contributed by atoms with E-state index in [1.54, 1.807) is 13.1 Å². The summed E-state index contributed by atoms with van der Waals surface area (Å²) in [5.41, 5.74) is 0.638. The Labute approximate surface area is 145 Å². The normalized spacial score (nSPS) is 16.4. The lowest BCUT2D eigenvalue weighted by molar-refractivity contribution is 0.0153. The molecule has 2 aromatic rings. The van der Waals surface area contributed by atoms with Gasteiger partial charge in [-0.3, -0.25) is 19.5 Å². The Balaban J connectivity index is 1.73. The molecule has 1 N–H and O–H groups in total. The molecule has 0 aromatic carbocycles. The fraction of sp³-hybridized carbons (Fsp3) is 0.389. The van der Waals surface area contributed by atoms with Crippen molar-refractivity contribution in [3.63, 3.8) is 0 Å². The van der Waals surface area contributed by atoms with Gasteiger partial charge in [-0.15, -0.1) is 0 Å². The van der Waals surface area contributed by atoms with Crippen molar-refractivity contribution in [1.29, 1.82) is 0 Å². The largest absolute Gasteiger partial charge is 0.456 e. The van der Waals surface area contributed by atoms with Crippen LogP contribution in [0.25, 0.3) is 0 Å². The summed E-state index contributed by atoms with van der Waals surface area (Å²) in [7, 11) is 0. The van der Waals surface area contributed by atoms with Crippen LogP contribution in [0.3, 0.4) is 0 Å². The Hall–Kier alpha value is -2.51. The average molecular weight is 343 g/mol. The van der Waals surface area contributed by atoms with E-state index in [0.717, 1.165) is 18.8 Å². The highest BCUT2D eigenvalue weighted by Crippen LogP contribution is 2.19. The van der Waals surface area contributed by atoms with Gasteiger partial charge in [-0.05, 0) is 19.1 Å². The van der Waals surface area contributed by atoms with Crippen LogP contribution in [0.2, 0.25) is 0 Å². The maximum atomic E-state index is 12.4. The Kier molecular flexibility index (Phi) is 5.57. The number of hydrogen-bond acceptors (Lipinski definition) is 6. The van der Waals surface area contributed by atoms with Gasteiger partial charge >= 0.3 is 0 Å². The van der Waals surface area contributed by atoms with Crippen molar-refractivity contribution in [2.75, 3.05) is 32.8 Å². The number of rotatable bonds is 5. The first-order valence-electron chi connectivity index (χ1n) is 8.26. The van der Waals surface area contributed by atoms with E-state index in [2.05, 4.69) is 15.2 Å². The van der Waals surface area contributed by atoms with Crippen molar-refractivity contribution in [2.45, 2.75) is 13.0 Å². The zero-order chi connectivity index (χ0) is 17.6. The third-order valence-electron chi connectivity index (χ3n) is 4.09. The summed E-state index contributed by atoms with van der Waals surface area (Å²) < 4.78 is 10.7. The number of hydrogen-bond donors (Lipinski definition) is 1. The first-order valence-corrected chi connectivity index (χ1v) is 8.26. The van der Waals surface area contributed by atoms with Crippen molar-refractivity contribution >= 4 is 5.91 Å². The zero-order valence-electron chi connectivity index (χ0n) is 14.1. The molecule has 7 heteroatoms. The molecular formula is C18H21N3O4. The Bertz CT molecular complexity index is 769. The predicted octanol–water partition coefficient (Wildman–Crippen LogP) is 1.15. The van der Waals surface area contributed by atoms with E-state index in [1.165, 1.54) is 12.1 Å². The second kappa shape index (κ2) is 8.04. The summed E-state index contributed by atoms with van der Waals surface area (Å²) in [6.07, 6.45) is 1.74. The van der Waals surface area contributed by atoms with Gasteiger partial charge in [-0.2, -0.15) is 0 Å². The Morgan fingerprint density at radius 2 is 2.12 bits per heavy atom. The fourth-order valence-electron chi connectivity index (χ4n) is 2.87. The van der Waals surface area contributed by atoms with E-state index in [4.69, 9.17) is 9.15 Å². The lowest BCUT2D eigenvalue weighted by Gasteiger charge is -2.34. The molecule has 1 aliphatic rings. The van der Waals surface area contributed by atoms with Crippen LogP contribution in [0, 0.1) is 6.92 Å². The van der Waals surface area contributed by atoms with Gasteiger partial charge in [0.1, 0.15) is 5.76 Å². The summed E-state index contributed by atoms with van der Waals surface area (Å²) in [5, 5.41) is 2.86. The lowest BCUT2D eigenvalue weighted by Crippen LogP contribution is -2.44. The van der Waals surface area contributed by atoms with Gasteiger partial charge in [-0.1, -0.05) is 6.07 Å². The maximum absolute atomic E-state index is 12.4. The number of pyridine rings is 1. The molecule has 1 atom stereocenters. The number of carbonyl (C=O) groups is 1. The summed E-state index contributed by atoms with van der Waals surface area (Å²) in [6, 6.07) is 8.22. The number of morpholine rings is 1. The molecule has 1 amide bonds. The van der Waals surface area contributed by atoms with Crippen LogP contribution in [-0.2, 0) is 4.74 Å². The van der Waals surface area contributed by atoms with Crippen LogP contribution in [0.4, 0.5) is 0 Å². The highest BCUT2D eigenvalue weighted by Gasteiger charge is 2.24. The summed E-state index contributed by atoms with van der Waals surface area (Å²) >= 11 is 0. The molecule has 3 rings (SSSR count). The van der Waals surface area contributed by atoms with Crippen LogP contribution >= 0.6 is 0 Å². The molecule has 0 aliphatic carbocycles. The van der Waals surface area contributed by atoms with Gasteiger partial charge < -0.3 is 14.5 Å². The molecule has 0 radical (unpaired) electrons. The third kappa shape index (κ3) is 4.52. The molecule has 132 valence electrons. The number of aromatic nitrogens is 1. The fourth-order valence-corrected chi connectivity index (χ4v) is 2.87. The van der Waals surface area contributed by atoms with Gasteiger partial charge in [-0.25, -0.2) is 0 Å². The smallest absolute Gasteiger partial charge is 0.287 e. The quantitative estimate of drug-likeness (QED) is 0.877. The minimum absolute atomic E-state index is 0.0201. The average Bonchev–Trinajstić information content (AvgIpc) is 2.63. The van der Waals surface area contributed by atoms with Crippen molar-refractivity contribution in [2.24, 2.45) is 0 Å². The maximum Gasteiger partial charge on any atom is 0.287 e. The molecule has 2 aromatic heterocycles. The first kappa shape index (κ1) is 17.3. The molecule has 0 bridgehead atoms. The van der Waals surface area contributed by atoms with Crippen molar-refractivity contribution in [3.8, 4) is 0 Å². The number of nitrogens with zero attached hydrogens (tertiary/aromatic N) is 2. The lowest BCUT2D eigenvalue weighted by atomic mass is 10.1. The summed E-state index contributed by atoms with van der Waals surface area (Å²) in [6.45, 7) is 4.87. The molecule has 25 heavy (non-hydrogen) atoms. The predicted molar refractivity (Wildman–Crippen MR) is 91.4 cm³/mol. The van der Waals surface area contributed by atoms with E-state index < -0.39 is 5.91 Å². The molecular weight excluding hydrogens is 322 g/mol. The van der Waals surface area contributed by atoms with Crippen LogP contribution in [-0.4, -0.2) is 48.6 Å². The van der Waals surface area contributed by atoms with Crippen LogP contribution < -0.4 is 10.7 Å². The molecule has 0 saturated carbocycles. The number of aryl methyl sites for hydroxylation is 1. The standard InChI is InChI=1S/C18H21N3O4/c1-13-10-14(22)11-17(25-13)18(23)20-12-16(15-4-2-3-5-19-15)21-6-8-24-9-7-21/h2-5,10-11,16H,6-9,12H2,1H3,(H,20,23)/t16-/m0/s1. The SMILES string of the molecule is Cc1cc(=O)cc(C(=O)NC[C@@H](c2ccccn2)N2CCOCC2)o1. The second-order valence-corrected chi connectivity index (χ2v) is 5.90. The van der Waals surface area contributed by atoms with E-state index in [-0.39, 0.29) is 17.2 Å². The summed E-state index contributed by atoms with van der Waals surface area (Å²) in [4.78, 5) is 30.6. The zero-order valence-corrected chi connectivity index (χ0v) is 14.1. The van der Waals surface area contributed by atoms with Gasteiger partial charge in [0, 0.05) is 38.0 Å². The minimum atomic E-state index is -0.407. The molecule has 7 nitrogen and oxygen atoms in total. The first-order chi connectivity index (χ1) is 12.1. The van der Waals surface area contributed by atoms with E-state index in [9.17, 15) is 9.59 Å². The van der Waals surface area contributed by atoms with Crippen molar-refractivity contribution in [1.82, 2.24) is 15.2 Å². The van der Waals surface area contributed by atoms with Crippen LogP contribution in [0.1, 0.15) is 28.1 Å². The van der Waals surface area contributed by atoms with Gasteiger partial charge in [0.05, 0.1) is 24.9 Å². The number of ether oxygens (including phenoxy) is 1. The Morgan fingerprint density at radius 1 is 1.32 bits per heavy atom. The second-order valence-electron chi connectivity index (χ2n) is 5.90. The molecule has 1 saturated heterocycles. The minimum Gasteiger partial charge on any atom is -0.456 e. The van der Waals surface area contributed by atoms with Crippen molar-refractivity contribution < 1.29 is 13.9 Å². The molecule has 0 spiro atoms. The van der Waals surface area contributed by atoms with E-state index >= 15 is 0 Å². The third-order valence-corrected chi connectivity index (χ3v) is 4.09. The van der Waals surface area contributed by atoms with Gasteiger partial charge in [0.25, 0.3) is 5.91 Å². The van der Waals surface area contributed by atoms with E-state index in [0.29, 0.717) is 25.5 Å². The highest BCUT2D eigenvalue weighted by atomic mass is 16.5. The highest BCUT2D eigenvalue weighted by molar-refractivity contribution is 5.91. The van der Waals surface area contributed by atoms with Gasteiger partial charge in [0.2, 0.25) is 0 Å². The molecule has 1 aliphatic heterocycles. The van der Waals surface area contributed by atoms with Gasteiger partial charge in [0.15, 0.2) is 11.2 Å². The van der Waals surface area contributed by atoms with Crippen molar-refractivity contribution in [3.05, 3.63) is 64.0 Å². The molecule has 1 fully saturated rings. The topological polar surface area (TPSA) is 84.7 Å².